The van der Waals surface area contributed by atoms with Gasteiger partial charge in [-0.15, -0.1) is 0 Å². The lowest BCUT2D eigenvalue weighted by atomic mass is 9.87. The molecule has 0 spiro atoms. The van der Waals surface area contributed by atoms with Crippen LogP contribution in [0.5, 0.6) is 0 Å². The normalized spacial score (nSPS) is 13.1. The minimum atomic E-state index is -0.0243. The monoisotopic (exact) mass is 424 g/mol. The molecule has 0 saturated heterocycles. The fraction of sp³-hybridized carbons (Fsp3) is 0.276. The van der Waals surface area contributed by atoms with Crippen LogP contribution in [-0.4, -0.2) is 10.5 Å². The van der Waals surface area contributed by atoms with Crippen molar-refractivity contribution in [2.45, 2.75) is 52.1 Å². The first-order chi connectivity index (χ1) is 15.6. The van der Waals surface area contributed by atoms with Crippen LogP contribution in [0.1, 0.15) is 61.4 Å². The Kier molecular flexibility index (Phi) is 6.75. The molecule has 1 amide bonds. The van der Waals surface area contributed by atoms with Crippen LogP contribution in [0.3, 0.4) is 0 Å². The van der Waals surface area contributed by atoms with Crippen LogP contribution >= 0.6 is 0 Å². The van der Waals surface area contributed by atoms with Gasteiger partial charge in [-0.1, -0.05) is 85.8 Å². The number of nitrogens with zero attached hydrogens (tertiary/aromatic N) is 1. The Bertz CT molecular complexity index is 1180. The minimum absolute atomic E-state index is 0.00146. The fourth-order valence-electron chi connectivity index (χ4n) is 4.68. The standard InChI is InChI=1S/C29H32N2O/c1-4-22-17-12-18-25-27(20-31(5-2)29(22)25)26(24-15-10-7-11-16-24)19-28(32)30-21(3)23-13-8-6-9-14-23/h6-18,20-21,26H,4-5,19H2,1-3H3,(H,30,32)/t21-,26-/m1/s1. The van der Waals surface area contributed by atoms with E-state index >= 15 is 0 Å². The second kappa shape index (κ2) is 9.86. The molecule has 4 aromatic rings. The molecular formula is C29H32N2O. The van der Waals surface area contributed by atoms with E-state index in [-0.39, 0.29) is 17.9 Å². The molecule has 0 unspecified atom stereocenters. The SMILES string of the molecule is CCc1cccc2c([C@H](CC(=O)N[C@H](C)c3ccccc3)c3ccccc3)cn(CC)c12. The van der Waals surface area contributed by atoms with Crippen molar-refractivity contribution in [1.82, 2.24) is 9.88 Å². The van der Waals surface area contributed by atoms with Gasteiger partial charge in [0.1, 0.15) is 0 Å². The summed E-state index contributed by atoms with van der Waals surface area (Å²) in [4.78, 5) is 13.2. The topological polar surface area (TPSA) is 34.0 Å². The summed E-state index contributed by atoms with van der Waals surface area (Å²) in [6.45, 7) is 7.34. The van der Waals surface area contributed by atoms with Crippen molar-refractivity contribution in [3.05, 3.63) is 107 Å². The van der Waals surface area contributed by atoms with E-state index in [2.05, 4.69) is 84.5 Å². The molecule has 0 aliphatic carbocycles. The predicted molar refractivity (Wildman–Crippen MR) is 133 cm³/mol. The molecule has 32 heavy (non-hydrogen) atoms. The number of fused-ring (bicyclic) bond motifs is 1. The molecule has 2 atom stereocenters. The Morgan fingerprint density at radius 2 is 1.53 bits per heavy atom. The van der Waals surface area contributed by atoms with E-state index < -0.39 is 0 Å². The number of benzene rings is 3. The van der Waals surface area contributed by atoms with Gasteiger partial charge in [-0.3, -0.25) is 4.79 Å². The van der Waals surface area contributed by atoms with Gasteiger partial charge in [-0.25, -0.2) is 0 Å². The van der Waals surface area contributed by atoms with Crippen LogP contribution in [0, 0.1) is 0 Å². The zero-order chi connectivity index (χ0) is 22.5. The Morgan fingerprint density at radius 1 is 0.875 bits per heavy atom. The zero-order valence-electron chi connectivity index (χ0n) is 19.2. The van der Waals surface area contributed by atoms with Crippen LogP contribution in [0.4, 0.5) is 0 Å². The molecule has 3 nitrogen and oxygen atoms in total. The lowest BCUT2D eigenvalue weighted by molar-refractivity contribution is -0.121. The van der Waals surface area contributed by atoms with Crippen LogP contribution in [0.2, 0.25) is 0 Å². The van der Waals surface area contributed by atoms with Crippen molar-refractivity contribution in [3.8, 4) is 0 Å². The maximum atomic E-state index is 13.2. The molecule has 1 heterocycles. The van der Waals surface area contributed by atoms with Gasteiger partial charge in [-0.2, -0.15) is 0 Å². The molecular weight excluding hydrogens is 392 g/mol. The molecule has 3 aromatic carbocycles. The highest BCUT2D eigenvalue weighted by atomic mass is 16.1. The highest BCUT2D eigenvalue weighted by Gasteiger charge is 2.24. The zero-order valence-corrected chi connectivity index (χ0v) is 19.2. The van der Waals surface area contributed by atoms with Crippen LogP contribution in [0.25, 0.3) is 10.9 Å². The van der Waals surface area contributed by atoms with Gasteiger partial charge >= 0.3 is 0 Å². The summed E-state index contributed by atoms with van der Waals surface area (Å²) in [5, 5.41) is 4.47. The number of rotatable bonds is 8. The molecule has 164 valence electrons. The lowest BCUT2D eigenvalue weighted by Crippen LogP contribution is -2.28. The highest BCUT2D eigenvalue weighted by Crippen LogP contribution is 2.36. The van der Waals surface area contributed by atoms with E-state index in [4.69, 9.17) is 0 Å². The van der Waals surface area contributed by atoms with Gasteiger partial charge in [0.05, 0.1) is 11.6 Å². The molecule has 0 radical (unpaired) electrons. The van der Waals surface area contributed by atoms with E-state index in [1.54, 1.807) is 0 Å². The third-order valence-electron chi connectivity index (χ3n) is 6.38. The highest BCUT2D eigenvalue weighted by molar-refractivity contribution is 5.89. The summed E-state index contributed by atoms with van der Waals surface area (Å²) in [7, 11) is 0. The maximum Gasteiger partial charge on any atom is 0.221 e. The largest absolute Gasteiger partial charge is 0.350 e. The number of aromatic nitrogens is 1. The van der Waals surface area contributed by atoms with Crippen LogP contribution < -0.4 is 5.32 Å². The molecule has 1 N–H and O–H groups in total. The lowest BCUT2D eigenvalue weighted by Gasteiger charge is -2.20. The number of para-hydroxylation sites is 1. The summed E-state index contributed by atoms with van der Waals surface area (Å²) in [6, 6.07) is 27.1. The van der Waals surface area contributed by atoms with Crippen molar-refractivity contribution in [2.75, 3.05) is 0 Å². The van der Waals surface area contributed by atoms with Crippen LogP contribution in [0.15, 0.2) is 85.1 Å². The Hall–Kier alpha value is -3.33. The van der Waals surface area contributed by atoms with Gasteiger partial charge in [-0.05, 0) is 42.5 Å². The first-order valence-corrected chi connectivity index (χ1v) is 11.6. The molecule has 0 fully saturated rings. The van der Waals surface area contributed by atoms with E-state index in [1.165, 1.54) is 27.6 Å². The van der Waals surface area contributed by atoms with Gasteiger partial charge in [0, 0.05) is 30.5 Å². The number of hydrogen-bond acceptors (Lipinski definition) is 1. The molecule has 4 rings (SSSR count). The van der Waals surface area contributed by atoms with Gasteiger partial charge in [0.2, 0.25) is 5.91 Å². The first-order valence-electron chi connectivity index (χ1n) is 11.6. The van der Waals surface area contributed by atoms with Gasteiger partial charge in [0.15, 0.2) is 0 Å². The number of carbonyl (C=O) groups excluding carboxylic acids is 1. The van der Waals surface area contributed by atoms with Crippen molar-refractivity contribution < 1.29 is 4.79 Å². The van der Waals surface area contributed by atoms with Gasteiger partial charge < -0.3 is 9.88 Å². The van der Waals surface area contributed by atoms with E-state index in [0.29, 0.717) is 6.42 Å². The van der Waals surface area contributed by atoms with Crippen molar-refractivity contribution >= 4 is 16.8 Å². The van der Waals surface area contributed by atoms with Gasteiger partial charge in [0.25, 0.3) is 0 Å². The smallest absolute Gasteiger partial charge is 0.221 e. The Labute approximate surface area is 191 Å². The van der Waals surface area contributed by atoms with E-state index in [0.717, 1.165) is 18.5 Å². The Balaban J connectivity index is 1.71. The number of aryl methyl sites for hydroxylation is 2. The summed E-state index contributed by atoms with van der Waals surface area (Å²) >= 11 is 0. The van der Waals surface area contributed by atoms with Crippen molar-refractivity contribution in [3.63, 3.8) is 0 Å². The summed E-state index contributed by atoms with van der Waals surface area (Å²) < 4.78 is 2.34. The fourth-order valence-corrected chi connectivity index (χ4v) is 4.68. The summed E-state index contributed by atoms with van der Waals surface area (Å²) in [5.74, 6) is 0.0702. The number of carbonyl (C=O) groups is 1. The average molecular weight is 425 g/mol. The third kappa shape index (κ3) is 4.47. The number of nitrogens with one attached hydrogen (secondary N) is 1. The van der Waals surface area contributed by atoms with E-state index in [1.807, 2.05) is 31.2 Å². The quantitative estimate of drug-likeness (QED) is 0.339. The predicted octanol–water partition coefficient (Wildman–Crippen LogP) is 6.62. The summed E-state index contributed by atoms with van der Waals surface area (Å²) in [6.07, 6.45) is 3.67. The summed E-state index contributed by atoms with van der Waals surface area (Å²) in [5.41, 5.74) is 6.17. The second-order valence-corrected chi connectivity index (χ2v) is 8.40. The number of hydrogen-bond donors (Lipinski definition) is 1. The first kappa shape index (κ1) is 21.9. The van der Waals surface area contributed by atoms with E-state index in [9.17, 15) is 4.79 Å². The maximum absolute atomic E-state index is 13.2. The molecule has 0 aliphatic rings. The molecule has 0 saturated carbocycles. The molecule has 1 aromatic heterocycles. The van der Waals surface area contributed by atoms with Crippen molar-refractivity contribution in [2.24, 2.45) is 0 Å². The van der Waals surface area contributed by atoms with Crippen LogP contribution in [-0.2, 0) is 17.8 Å². The molecule has 0 aliphatic heterocycles. The average Bonchev–Trinajstić information content (AvgIpc) is 3.22. The van der Waals surface area contributed by atoms with Crippen molar-refractivity contribution in [1.29, 1.82) is 0 Å². The molecule has 3 heteroatoms. The number of amides is 1. The second-order valence-electron chi connectivity index (χ2n) is 8.40. The Morgan fingerprint density at radius 3 is 2.16 bits per heavy atom. The minimum Gasteiger partial charge on any atom is -0.350 e. The molecule has 0 bridgehead atoms. The third-order valence-corrected chi connectivity index (χ3v) is 6.38.